The van der Waals surface area contributed by atoms with E-state index >= 15 is 0 Å². The first-order chi connectivity index (χ1) is 8.79. The quantitative estimate of drug-likeness (QED) is 0.872. The van der Waals surface area contributed by atoms with Gasteiger partial charge in [-0.05, 0) is 49.9 Å². The van der Waals surface area contributed by atoms with Gasteiger partial charge in [-0.1, -0.05) is 30.7 Å². The molecule has 1 heterocycles. The Bertz CT molecular complexity index is 363. The van der Waals surface area contributed by atoms with Crippen LogP contribution in [0.5, 0.6) is 0 Å². The van der Waals surface area contributed by atoms with Gasteiger partial charge in [0, 0.05) is 17.7 Å². The Balaban J connectivity index is 2.02. The van der Waals surface area contributed by atoms with E-state index in [1.54, 1.807) is 0 Å². The van der Waals surface area contributed by atoms with E-state index in [0.29, 0.717) is 12.1 Å². The van der Waals surface area contributed by atoms with Crippen molar-refractivity contribution >= 4 is 11.6 Å². The molecule has 1 aromatic rings. The van der Waals surface area contributed by atoms with E-state index in [4.69, 9.17) is 16.3 Å². The lowest BCUT2D eigenvalue weighted by atomic mass is 9.96. The van der Waals surface area contributed by atoms with Crippen LogP contribution in [0, 0.1) is 0 Å². The van der Waals surface area contributed by atoms with Gasteiger partial charge in [-0.25, -0.2) is 0 Å². The number of ether oxygens (including phenoxy) is 1. The third-order valence-corrected chi connectivity index (χ3v) is 3.71. The molecule has 0 amide bonds. The number of rotatable bonds is 5. The van der Waals surface area contributed by atoms with Crippen molar-refractivity contribution in [1.29, 1.82) is 0 Å². The van der Waals surface area contributed by atoms with Crippen molar-refractivity contribution in [3.05, 3.63) is 34.9 Å². The van der Waals surface area contributed by atoms with Crippen molar-refractivity contribution in [3.63, 3.8) is 0 Å². The monoisotopic (exact) mass is 267 g/mol. The van der Waals surface area contributed by atoms with E-state index in [-0.39, 0.29) is 0 Å². The maximum Gasteiger partial charge on any atom is 0.0593 e. The zero-order valence-corrected chi connectivity index (χ0v) is 11.7. The second-order valence-corrected chi connectivity index (χ2v) is 5.33. The van der Waals surface area contributed by atoms with Crippen molar-refractivity contribution in [1.82, 2.24) is 5.32 Å². The Labute approximate surface area is 115 Å². The molecule has 2 atom stereocenters. The van der Waals surface area contributed by atoms with Crippen LogP contribution in [0.1, 0.15) is 44.2 Å². The smallest absolute Gasteiger partial charge is 0.0593 e. The minimum Gasteiger partial charge on any atom is -0.378 e. The fraction of sp³-hybridized carbons (Fsp3) is 0.600. The maximum atomic E-state index is 6.07. The number of benzene rings is 1. The molecule has 0 spiro atoms. The molecule has 2 unspecified atom stereocenters. The highest BCUT2D eigenvalue weighted by Crippen LogP contribution is 2.26. The minimum absolute atomic E-state index is 0.344. The van der Waals surface area contributed by atoms with Gasteiger partial charge in [-0.3, -0.25) is 0 Å². The standard InChI is InChI=1S/C15H22ClNO/c1-2-17-15(11-14-8-3-4-9-18-14)12-6-5-7-13(16)10-12/h5-7,10,14-15,17H,2-4,8-9,11H2,1H3. The van der Waals surface area contributed by atoms with Crippen LogP contribution in [0.3, 0.4) is 0 Å². The summed E-state index contributed by atoms with van der Waals surface area (Å²) in [5, 5.41) is 4.34. The van der Waals surface area contributed by atoms with Crippen LogP contribution in [0.25, 0.3) is 0 Å². The summed E-state index contributed by atoms with van der Waals surface area (Å²) in [6.45, 7) is 4.02. The first-order valence-electron chi connectivity index (χ1n) is 6.90. The highest BCUT2D eigenvalue weighted by molar-refractivity contribution is 6.30. The molecule has 18 heavy (non-hydrogen) atoms. The molecule has 1 aromatic carbocycles. The van der Waals surface area contributed by atoms with Crippen molar-refractivity contribution in [2.75, 3.05) is 13.2 Å². The molecule has 1 fully saturated rings. The SMILES string of the molecule is CCNC(CC1CCCCO1)c1cccc(Cl)c1. The van der Waals surface area contributed by atoms with Crippen LogP contribution in [0.4, 0.5) is 0 Å². The topological polar surface area (TPSA) is 21.3 Å². The third kappa shape index (κ3) is 3.98. The van der Waals surface area contributed by atoms with E-state index in [9.17, 15) is 0 Å². The molecular formula is C15H22ClNO. The number of hydrogen-bond donors (Lipinski definition) is 1. The van der Waals surface area contributed by atoms with Gasteiger partial charge < -0.3 is 10.1 Å². The Morgan fingerprint density at radius 2 is 2.33 bits per heavy atom. The molecule has 1 aliphatic rings. The van der Waals surface area contributed by atoms with Crippen LogP contribution < -0.4 is 5.32 Å². The fourth-order valence-electron chi connectivity index (χ4n) is 2.56. The first-order valence-corrected chi connectivity index (χ1v) is 7.28. The molecule has 100 valence electrons. The number of halogens is 1. The molecule has 0 bridgehead atoms. The Hall–Kier alpha value is -0.570. The van der Waals surface area contributed by atoms with Gasteiger partial charge in [0.05, 0.1) is 6.10 Å². The molecule has 0 aromatic heterocycles. The molecule has 0 radical (unpaired) electrons. The Morgan fingerprint density at radius 3 is 3.00 bits per heavy atom. The van der Waals surface area contributed by atoms with E-state index < -0.39 is 0 Å². The molecule has 1 N–H and O–H groups in total. The van der Waals surface area contributed by atoms with Gasteiger partial charge in [0.15, 0.2) is 0 Å². The fourth-order valence-corrected chi connectivity index (χ4v) is 2.76. The summed E-state index contributed by atoms with van der Waals surface area (Å²) >= 11 is 6.07. The van der Waals surface area contributed by atoms with E-state index in [1.807, 2.05) is 12.1 Å². The van der Waals surface area contributed by atoms with E-state index in [2.05, 4.69) is 24.4 Å². The zero-order valence-electron chi connectivity index (χ0n) is 11.0. The average Bonchev–Trinajstić information content (AvgIpc) is 2.39. The van der Waals surface area contributed by atoms with Gasteiger partial charge >= 0.3 is 0 Å². The van der Waals surface area contributed by atoms with Crippen molar-refractivity contribution < 1.29 is 4.74 Å². The highest BCUT2D eigenvalue weighted by atomic mass is 35.5. The lowest BCUT2D eigenvalue weighted by molar-refractivity contribution is 0.00514. The van der Waals surface area contributed by atoms with Crippen LogP contribution in [0.15, 0.2) is 24.3 Å². The second-order valence-electron chi connectivity index (χ2n) is 4.89. The third-order valence-electron chi connectivity index (χ3n) is 3.47. The Morgan fingerprint density at radius 1 is 1.44 bits per heavy atom. The lowest BCUT2D eigenvalue weighted by Gasteiger charge is -2.27. The molecule has 1 saturated heterocycles. The van der Waals surface area contributed by atoms with Crippen LogP contribution in [-0.4, -0.2) is 19.3 Å². The molecule has 2 nitrogen and oxygen atoms in total. The summed E-state index contributed by atoms with van der Waals surface area (Å²) in [6.07, 6.45) is 5.11. The van der Waals surface area contributed by atoms with Gasteiger partial charge in [-0.15, -0.1) is 0 Å². The predicted octanol–water partition coefficient (Wildman–Crippen LogP) is 3.95. The van der Waals surface area contributed by atoms with Gasteiger partial charge in [0.25, 0.3) is 0 Å². The van der Waals surface area contributed by atoms with Crippen molar-refractivity contribution in [2.24, 2.45) is 0 Å². The van der Waals surface area contributed by atoms with Gasteiger partial charge in [0.2, 0.25) is 0 Å². The largest absolute Gasteiger partial charge is 0.378 e. The molecule has 3 heteroatoms. The zero-order chi connectivity index (χ0) is 12.8. The summed E-state index contributed by atoms with van der Waals surface area (Å²) in [5.74, 6) is 0. The van der Waals surface area contributed by atoms with Crippen molar-refractivity contribution in [3.8, 4) is 0 Å². The summed E-state index contributed by atoms with van der Waals surface area (Å²) in [5.41, 5.74) is 1.26. The normalized spacial score (nSPS) is 21.8. The molecule has 2 rings (SSSR count). The lowest BCUT2D eigenvalue weighted by Crippen LogP contribution is -2.28. The molecule has 1 aliphatic heterocycles. The molecule has 0 aliphatic carbocycles. The maximum absolute atomic E-state index is 6.07. The predicted molar refractivity (Wildman–Crippen MR) is 76.1 cm³/mol. The highest BCUT2D eigenvalue weighted by Gasteiger charge is 2.20. The average molecular weight is 268 g/mol. The van der Waals surface area contributed by atoms with Gasteiger partial charge in [0.1, 0.15) is 0 Å². The second kappa shape index (κ2) is 7.13. The summed E-state index contributed by atoms with van der Waals surface area (Å²) < 4.78 is 5.83. The summed E-state index contributed by atoms with van der Waals surface area (Å²) in [4.78, 5) is 0. The van der Waals surface area contributed by atoms with Crippen LogP contribution in [0.2, 0.25) is 5.02 Å². The van der Waals surface area contributed by atoms with E-state index in [1.165, 1.54) is 24.8 Å². The Kier molecular flexibility index (Phi) is 5.48. The van der Waals surface area contributed by atoms with Gasteiger partial charge in [-0.2, -0.15) is 0 Å². The van der Waals surface area contributed by atoms with E-state index in [0.717, 1.165) is 24.6 Å². The molecule has 0 saturated carbocycles. The van der Waals surface area contributed by atoms with Crippen LogP contribution in [-0.2, 0) is 4.74 Å². The van der Waals surface area contributed by atoms with Crippen molar-refractivity contribution in [2.45, 2.75) is 44.8 Å². The first kappa shape index (κ1) is 13.9. The molecular weight excluding hydrogens is 246 g/mol. The number of hydrogen-bond acceptors (Lipinski definition) is 2. The number of nitrogens with one attached hydrogen (secondary N) is 1. The summed E-state index contributed by atoms with van der Waals surface area (Å²) in [6, 6.07) is 8.48. The minimum atomic E-state index is 0.344. The van der Waals surface area contributed by atoms with Crippen LogP contribution >= 0.6 is 11.6 Å². The summed E-state index contributed by atoms with van der Waals surface area (Å²) in [7, 11) is 0.